The molecular weight excluding hydrogens is 967 g/mol. The molecule has 75 heavy (non-hydrogen) atoms. The highest BCUT2D eigenvalue weighted by molar-refractivity contribution is 5.98. The second kappa shape index (κ2) is 35.9. The standard InChI is InChI=1S/C55H97N7O13/c1-13-37(12)48-55(74)75-38(23-21-19-17-15-14-16-18-20-22-32(2)3)30-45(63)56-39(24-25-46(64)65)49(68)57-40(26-33(4)5)50(69)58-41(27-34(6)7)51(70)59-42(28-35(8)9)52(71)61-44(31-47(66)67)53(72)60-43(29-36(10)11)54(73)62-48/h32-44,48H,13-31H2,1-12H3,(H,56,63)(H,57,68)(H,58,69)(H,59,70)(H,60,72)(H,61,71)(H,62,73)(H,64,65)(H,66,67)/t37-,38-,39-,40-,41-,42+,43-,44+,48+/m0/s1. The molecule has 9 N–H and O–H groups in total. The van der Waals surface area contributed by atoms with Crippen LogP contribution < -0.4 is 37.2 Å². The lowest BCUT2D eigenvalue weighted by molar-refractivity contribution is -0.156. The van der Waals surface area contributed by atoms with E-state index in [4.69, 9.17) is 4.74 Å². The maximum atomic E-state index is 14.3. The van der Waals surface area contributed by atoms with Crippen LogP contribution in [0.4, 0.5) is 0 Å². The van der Waals surface area contributed by atoms with Crippen LogP contribution in [0, 0.1) is 35.5 Å². The molecule has 0 aliphatic carbocycles. The lowest BCUT2D eigenvalue weighted by Crippen LogP contribution is -2.60. The van der Waals surface area contributed by atoms with Crippen molar-refractivity contribution >= 4 is 59.3 Å². The Morgan fingerprint density at radius 3 is 1.23 bits per heavy atom. The Morgan fingerprint density at radius 2 is 0.840 bits per heavy atom. The van der Waals surface area contributed by atoms with Crippen molar-refractivity contribution in [2.24, 2.45) is 35.5 Å². The van der Waals surface area contributed by atoms with Gasteiger partial charge in [-0.2, -0.15) is 0 Å². The molecule has 1 heterocycles. The van der Waals surface area contributed by atoms with Crippen molar-refractivity contribution in [1.82, 2.24) is 37.2 Å². The van der Waals surface area contributed by atoms with Crippen LogP contribution in [0.25, 0.3) is 0 Å². The lowest BCUT2D eigenvalue weighted by Gasteiger charge is -2.29. The molecule has 1 aliphatic rings. The van der Waals surface area contributed by atoms with E-state index in [9.17, 15) is 58.2 Å². The predicted molar refractivity (Wildman–Crippen MR) is 285 cm³/mol. The highest BCUT2D eigenvalue weighted by atomic mass is 16.5. The Kier molecular flexibility index (Phi) is 32.4. The molecule has 0 aromatic rings. The van der Waals surface area contributed by atoms with Gasteiger partial charge in [-0.05, 0) is 80.5 Å². The molecule has 9 atom stereocenters. The van der Waals surface area contributed by atoms with Crippen LogP contribution in [0.15, 0.2) is 0 Å². The van der Waals surface area contributed by atoms with Crippen molar-refractivity contribution in [2.75, 3.05) is 0 Å². The summed E-state index contributed by atoms with van der Waals surface area (Å²) in [5.41, 5.74) is 0. The number of aliphatic carboxylic acids is 2. The molecule has 20 heteroatoms. The first kappa shape index (κ1) is 67.7. The number of carboxylic acids is 2. The Labute approximate surface area is 447 Å². The molecule has 0 unspecified atom stereocenters. The number of carbonyl (C=O) groups is 10. The molecule has 0 bridgehead atoms. The minimum Gasteiger partial charge on any atom is -0.481 e. The number of carboxylic acid groups (broad SMARTS) is 2. The van der Waals surface area contributed by atoms with E-state index in [1.165, 1.54) is 19.3 Å². The molecule has 0 saturated carbocycles. The van der Waals surface area contributed by atoms with Gasteiger partial charge in [0.15, 0.2) is 0 Å². The van der Waals surface area contributed by atoms with Gasteiger partial charge in [-0.15, -0.1) is 0 Å². The second-order valence-corrected chi connectivity index (χ2v) is 22.9. The van der Waals surface area contributed by atoms with Crippen LogP contribution in [0.2, 0.25) is 0 Å². The third-order valence-corrected chi connectivity index (χ3v) is 13.2. The summed E-state index contributed by atoms with van der Waals surface area (Å²) in [6.07, 6.45) is 6.61. The van der Waals surface area contributed by atoms with Gasteiger partial charge in [0.05, 0.1) is 12.8 Å². The first-order valence-corrected chi connectivity index (χ1v) is 27.9. The molecule has 1 saturated heterocycles. The molecule has 7 amide bonds. The fraction of sp³-hybridized carbons (Fsp3) is 0.818. The van der Waals surface area contributed by atoms with Gasteiger partial charge in [0.2, 0.25) is 41.4 Å². The Bertz CT molecular complexity index is 1840. The lowest BCUT2D eigenvalue weighted by atomic mass is 9.97. The fourth-order valence-corrected chi connectivity index (χ4v) is 8.90. The van der Waals surface area contributed by atoms with Gasteiger partial charge in [0, 0.05) is 6.42 Å². The molecule has 430 valence electrons. The summed E-state index contributed by atoms with van der Waals surface area (Å²) in [6.45, 7) is 22.3. The summed E-state index contributed by atoms with van der Waals surface area (Å²) >= 11 is 0. The van der Waals surface area contributed by atoms with Gasteiger partial charge in [0.25, 0.3) is 0 Å². The number of hydrogen-bond acceptors (Lipinski definition) is 11. The average Bonchev–Trinajstić information content (AvgIpc) is 3.29. The van der Waals surface area contributed by atoms with Crippen LogP contribution in [-0.2, 0) is 52.7 Å². The molecule has 0 aromatic carbocycles. The monoisotopic (exact) mass is 1060 g/mol. The zero-order valence-electron chi connectivity index (χ0n) is 47.4. The van der Waals surface area contributed by atoms with E-state index in [2.05, 4.69) is 51.1 Å². The summed E-state index contributed by atoms with van der Waals surface area (Å²) in [4.78, 5) is 137. The summed E-state index contributed by atoms with van der Waals surface area (Å²) in [5, 5.41) is 38.1. The van der Waals surface area contributed by atoms with Crippen molar-refractivity contribution in [1.29, 1.82) is 0 Å². The number of carbonyl (C=O) groups excluding carboxylic acids is 8. The van der Waals surface area contributed by atoms with Crippen molar-refractivity contribution < 1.29 is 62.9 Å². The molecule has 0 radical (unpaired) electrons. The molecule has 0 aromatic heterocycles. The maximum absolute atomic E-state index is 14.3. The van der Waals surface area contributed by atoms with E-state index in [1.807, 2.05) is 13.8 Å². The van der Waals surface area contributed by atoms with E-state index >= 15 is 0 Å². The summed E-state index contributed by atoms with van der Waals surface area (Å²) in [7, 11) is 0. The highest BCUT2D eigenvalue weighted by Gasteiger charge is 2.37. The van der Waals surface area contributed by atoms with Gasteiger partial charge in [-0.3, -0.25) is 43.2 Å². The second-order valence-electron chi connectivity index (χ2n) is 22.9. The topological polar surface area (TPSA) is 305 Å². The molecule has 1 fully saturated rings. The van der Waals surface area contributed by atoms with Crippen molar-refractivity contribution in [2.45, 2.75) is 253 Å². The molecule has 0 spiro atoms. The summed E-state index contributed by atoms with van der Waals surface area (Å²) in [5.74, 6) is -10.0. The van der Waals surface area contributed by atoms with Gasteiger partial charge in [0.1, 0.15) is 48.4 Å². The van der Waals surface area contributed by atoms with Crippen LogP contribution >= 0.6 is 0 Å². The molecule has 1 rings (SSSR count). The number of esters is 1. The first-order chi connectivity index (χ1) is 35.1. The van der Waals surface area contributed by atoms with Crippen LogP contribution in [0.3, 0.4) is 0 Å². The third kappa shape index (κ3) is 29.0. The minimum absolute atomic E-state index is 0.0297. The summed E-state index contributed by atoms with van der Waals surface area (Å²) in [6, 6.07) is -9.63. The molecular formula is C55H97N7O13. The van der Waals surface area contributed by atoms with Crippen molar-refractivity contribution in [3.8, 4) is 0 Å². The van der Waals surface area contributed by atoms with Crippen LogP contribution in [0.5, 0.6) is 0 Å². The Morgan fingerprint density at radius 1 is 0.467 bits per heavy atom. The van der Waals surface area contributed by atoms with E-state index in [0.29, 0.717) is 18.8 Å². The van der Waals surface area contributed by atoms with Crippen LogP contribution in [0.1, 0.15) is 205 Å². The quantitative estimate of drug-likeness (QED) is 0.0365. The Balaban J connectivity index is 3.96. The van der Waals surface area contributed by atoms with E-state index in [-0.39, 0.29) is 62.2 Å². The summed E-state index contributed by atoms with van der Waals surface area (Å²) < 4.78 is 6.08. The predicted octanol–water partition coefficient (Wildman–Crippen LogP) is 5.82. The largest absolute Gasteiger partial charge is 0.481 e. The number of unbranched alkanes of at least 4 members (excludes halogenated alkanes) is 7. The number of rotatable bonds is 26. The molecule has 20 nitrogen and oxygen atoms in total. The maximum Gasteiger partial charge on any atom is 0.329 e. The number of ether oxygens (including phenoxy) is 1. The smallest absolute Gasteiger partial charge is 0.329 e. The normalized spacial score (nSPS) is 24.1. The van der Waals surface area contributed by atoms with E-state index < -0.39 is 133 Å². The van der Waals surface area contributed by atoms with Gasteiger partial charge in [-0.25, -0.2) is 4.79 Å². The molecule has 1 aliphatic heterocycles. The SMILES string of the molecule is CC[C@H](C)[C@H]1NC(=O)[C@H](CC(C)C)NC(=O)[C@@H](CC(=O)O)NC(=O)[C@@H](CC(C)C)NC(=O)[C@H](CC(C)C)NC(=O)[C@H](CC(C)C)NC(=O)[C@H](CCC(=O)O)NC(=O)C[C@H](CCCCCCCCCCC(C)C)OC1=O. The van der Waals surface area contributed by atoms with Gasteiger partial charge in [-0.1, -0.05) is 141 Å². The first-order valence-electron chi connectivity index (χ1n) is 27.9. The average molecular weight is 1060 g/mol. The zero-order valence-corrected chi connectivity index (χ0v) is 47.4. The fourth-order valence-electron chi connectivity index (χ4n) is 8.90. The Hall–Kier alpha value is -5.30. The zero-order chi connectivity index (χ0) is 56.9. The third-order valence-electron chi connectivity index (χ3n) is 13.2. The highest BCUT2D eigenvalue weighted by Crippen LogP contribution is 2.20. The number of cyclic esters (lactones) is 1. The number of nitrogens with one attached hydrogen (secondary N) is 7. The van der Waals surface area contributed by atoms with Crippen molar-refractivity contribution in [3.05, 3.63) is 0 Å². The van der Waals surface area contributed by atoms with Crippen LogP contribution in [-0.4, -0.2) is 118 Å². The van der Waals surface area contributed by atoms with E-state index in [0.717, 1.165) is 32.1 Å². The number of hydrogen-bond donors (Lipinski definition) is 9. The number of amides is 7. The van der Waals surface area contributed by atoms with Gasteiger partial charge >= 0.3 is 17.9 Å². The minimum atomic E-state index is -1.72. The van der Waals surface area contributed by atoms with Gasteiger partial charge < -0.3 is 52.2 Å². The van der Waals surface area contributed by atoms with Crippen molar-refractivity contribution in [3.63, 3.8) is 0 Å². The van der Waals surface area contributed by atoms with E-state index in [1.54, 1.807) is 55.4 Å².